The van der Waals surface area contributed by atoms with E-state index in [4.69, 9.17) is 19.2 Å². The van der Waals surface area contributed by atoms with E-state index in [1.165, 1.54) is 12.1 Å². The molecular formula is C46H51FN12O9. The van der Waals surface area contributed by atoms with Crippen molar-refractivity contribution < 1.29 is 47.4 Å². The quantitative estimate of drug-likeness (QED) is 0.0524. The smallest absolute Gasteiger partial charge is 0.264 e. The second kappa shape index (κ2) is 20.8. The Morgan fingerprint density at radius 2 is 1.62 bits per heavy atom. The van der Waals surface area contributed by atoms with E-state index in [0.29, 0.717) is 102 Å². The fourth-order valence-corrected chi connectivity index (χ4v) is 8.42. The number of H-pyrrole nitrogens is 1. The number of aromatic amines is 1. The summed E-state index contributed by atoms with van der Waals surface area (Å²) in [6, 6.07) is 8.20. The summed E-state index contributed by atoms with van der Waals surface area (Å²) in [4.78, 5) is 90.1. The van der Waals surface area contributed by atoms with Crippen LogP contribution in [0.3, 0.4) is 0 Å². The number of piperazine rings is 1. The Balaban J connectivity index is 0.618. The highest BCUT2D eigenvalue weighted by Crippen LogP contribution is 2.41. The summed E-state index contributed by atoms with van der Waals surface area (Å²) in [5.74, 6) is -2.52. The summed E-state index contributed by atoms with van der Waals surface area (Å²) in [5, 5.41) is 18.2. The molecule has 2 aromatic carbocycles. The molecule has 6 amide bonds. The molecule has 68 heavy (non-hydrogen) atoms. The SMILES string of the molecule is O=C(CN1CCN(C(=O)c2ccc(Nc3nc(C4CC4)cn4c(-c5cn[nH]c5)cnc34)c(F)c2)CC1)NCCOCCOCCOCCNc1cccc2c1C(=O)N(C1CCC(=O)NC1=O)C2=O. The second-order valence-corrected chi connectivity index (χ2v) is 16.8. The van der Waals surface area contributed by atoms with Crippen LogP contribution in [0.25, 0.3) is 16.9 Å². The summed E-state index contributed by atoms with van der Waals surface area (Å²) in [7, 11) is 0. The third-order valence-corrected chi connectivity index (χ3v) is 12.1. The Bertz CT molecular complexity index is 2700. The first kappa shape index (κ1) is 46.0. The average molecular weight is 935 g/mol. The average Bonchev–Trinajstić information content (AvgIpc) is 3.76. The fourth-order valence-electron chi connectivity index (χ4n) is 8.42. The Hall–Kier alpha value is -7.14. The number of halogens is 1. The molecule has 21 nitrogen and oxygen atoms in total. The van der Waals surface area contributed by atoms with Gasteiger partial charge in [0.15, 0.2) is 11.5 Å². The van der Waals surface area contributed by atoms with Crippen LogP contribution in [-0.2, 0) is 28.6 Å². The predicted octanol–water partition coefficient (Wildman–Crippen LogP) is 2.32. The van der Waals surface area contributed by atoms with Crippen molar-refractivity contribution >= 4 is 58.3 Å². The maximum absolute atomic E-state index is 15.6. The van der Waals surface area contributed by atoms with Crippen LogP contribution in [0, 0.1) is 5.82 Å². The number of imide groups is 2. The lowest BCUT2D eigenvalue weighted by molar-refractivity contribution is -0.136. The van der Waals surface area contributed by atoms with Crippen LogP contribution in [0.15, 0.2) is 61.2 Å². The summed E-state index contributed by atoms with van der Waals surface area (Å²) in [6.07, 6.45) is 9.41. The summed E-state index contributed by atoms with van der Waals surface area (Å²) >= 11 is 0. The highest BCUT2D eigenvalue weighted by Gasteiger charge is 2.45. The summed E-state index contributed by atoms with van der Waals surface area (Å²) < 4.78 is 34.3. The van der Waals surface area contributed by atoms with Gasteiger partial charge in [0.05, 0.1) is 86.8 Å². The van der Waals surface area contributed by atoms with E-state index in [9.17, 15) is 28.8 Å². The number of aromatic nitrogens is 5. The lowest BCUT2D eigenvalue weighted by Crippen LogP contribution is -2.54. The molecule has 0 spiro atoms. The van der Waals surface area contributed by atoms with Gasteiger partial charge in [-0.15, -0.1) is 0 Å². The largest absolute Gasteiger partial charge is 0.382 e. The van der Waals surface area contributed by atoms with E-state index in [1.54, 1.807) is 47.8 Å². The second-order valence-electron chi connectivity index (χ2n) is 16.8. The molecule has 3 aliphatic heterocycles. The van der Waals surface area contributed by atoms with E-state index < -0.39 is 35.5 Å². The van der Waals surface area contributed by atoms with Crippen LogP contribution < -0.4 is 21.3 Å². The molecule has 9 rings (SSSR count). The first-order valence-corrected chi connectivity index (χ1v) is 22.7. The first-order chi connectivity index (χ1) is 33.1. The number of ether oxygens (including phenoxy) is 3. The highest BCUT2D eigenvalue weighted by molar-refractivity contribution is 6.25. The van der Waals surface area contributed by atoms with Crippen molar-refractivity contribution in [2.45, 2.75) is 37.6 Å². The standard InChI is InChI=1S/C46H51FN12O9/c47-32-22-29(6-7-33(32)53-41-42-50-25-37(30-23-51-52-24-30)58(42)26-35(54-41)28-4-5-28)44(63)57-14-12-56(13-15-57)27-39(61)49-11-17-67-19-21-68-20-18-66-16-10-48-34-3-1-2-31-40(34)46(65)59(45(31)64)36-8-9-38(60)55-43(36)62/h1-3,6-7,22-26,28,36,48H,4-5,8-21,27H2,(H,49,61)(H,51,52)(H,53,54)(H,55,60,62). The van der Waals surface area contributed by atoms with Crippen LogP contribution in [0.5, 0.6) is 0 Å². The lowest BCUT2D eigenvalue weighted by Gasteiger charge is -2.34. The number of carbonyl (C=O) groups excluding carboxylic acids is 6. The molecule has 1 atom stereocenters. The number of hydrogen-bond acceptors (Lipinski definition) is 15. The van der Waals surface area contributed by atoms with E-state index in [0.717, 1.165) is 34.7 Å². The zero-order valence-electron chi connectivity index (χ0n) is 37.1. The van der Waals surface area contributed by atoms with Crippen LogP contribution >= 0.6 is 0 Å². The topological polar surface area (TPSA) is 247 Å². The van der Waals surface area contributed by atoms with Crippen molar-refractivity contribution in [3.63, 3.8) is 0 Å². The molecule has 1 unspecified atom stereocenters. The molecule has 3 fully saturated rings. The molecule has 1 aliphatic carbocycles. The van der Waals surface area contributed by atoms with Crippen LogP contribution in [0.1, 0.15) is 68.4 Å². The molecule has 0 bridgehead atoms. The minimum Gasteiger partial charge on any atom is -0.382 e. The van der Waals surface area contributed by atoms with Crippen LogP contribution in [0.2, 0.25) is 0 Å². The normalized spacial score (nSPS) is 17.5. The zero-order chi connectivity index (χ0) is 47.1. The van der Waals surface area contributed by atoms with E-state index in [-0.39, 0.29) is 53.6 Å². The molecule has 6 heterocycles. The van der Waals surface area contributed by atoms with Gasteiger partial charge in [-0.1, -0.05) is 6.07 Å². The van der Waals surface area contributed by atoms with E-state index in [1.807, 2.05) is 15.5 Å². The van der Waals surface area contributed by atoms with Gasteiger partial charge in [0.1, 0.15) is 11.9 Å². The Labute approximate surface area is 389 Å². The highest BCUT2D eigenvalue weighted by atomic mass is 19.1. The molecule has 0 radical (unpaired) electrons. The van der Waals surface area contributed by atoms with Crippen LogP contribution in [0.4, 0.5) is 21.6 Å². The van der Waals surface area contributed by atoms with Gasteiger partial charge in [-0.05, 0) is 49.6 Å². The number of piperidine rings is 1. The number of rotatable bonds is 21. The van der Waals surface area contributed by atoms with Gasteiger partial charge in [-0.25, -0.2) is 14.4 Å². The summed E-state index contributed by atoms with van der Waals surface area (Å²) in [6.45, 7) is 4.51. The van der Waals surface area contributed by atoms with Gasteiger partial charge in [0.2, 0.25) is 17.7 Å². The maximum Gasteiger partial charge on any atom is 0.264 e. The first-order valence-electron chi connectivity index (χ1n) is 22.7. The van der Waals surface area contributed by atoms with Crippen molar-refractivity contribution in [1.29, 1.82) is 0 Å². The van der Waals surface area contributed by atoms with Crippen LogP contribution in [-0.4, -0.2) is 166 Å². The number of nitrogens with zero attached hydrogens (tertiary/aromatic N) is 7. The fraction of sp³-hybridized carbons (Fsp3) is 0.413. The number of benzene rings is 2. The number of nitrogens with one attached hydrogen (secondary N) is 5. The molecule has 3 aromatic heterocycles. The number of carbonyl (C=O) groups is 6. The number of amides is 6. The zero-order valence-corrected chi connectivity index (χ0v) is 37.1. The molecule has 4 aliphatic rings. The number of imidazole rings is 1. The molecule has 22 heteroatoms. The van der Waals surface area contributed by atoms with Crippen molar-refractivity contribution in [2.75, 3.05) is 96.1 Å². The van der Waals surface area contributed by atoms with Crippen molar-refractivity contribution in [1.82, 2.24) is 49.9 Å². The monoisotopic (exact) mass is 934 g/mol. The third kappa shape index (κ3) is 10.4. The summed E-state index contributed by atoms with van der Waals surface area (Å²) in [5.41, 5.74) is 4.36. The van der Waals surface area contributed by atoms with Gasteiger partial charge in [0.25, 0.3) is 17.7 Å². The molecule has 2 saturated heterocycles. The van der Waals surface area contributed by atoms with Gasteiger partial charge in [-0.3, -0.25) is 53.4 Å². The number of fused-ring (bicyclic) bond motifs is 2. The molecular weight excluding hydrogens is 884 g/mol. The van der Waals surface area contributed by atoms with Gasteiger partial charge in [-0.2, -0.15) is 5.10 Å². The molecule has 356 valence electrons. The van der Waals surface area contributed by atoms with Crippen molar-refractivity contribution in [3.8, 4) is 11.3 Å². The van der Waals surface area contributed by atoms with E-state index in [2.05, 4.69) is 36.4 Å². The number of hydrogen-bond donors (Lipinski definition) is 5. The van der Waals surface area contributed by atoms with Crippen molar-refractivity contribution in [3.05, 3.63) is 89.4 Å². The van der Waals surface area contributed by atoms with Crippen molar-refractivity contribution in [2.24, 2.45) is 0 Å². The Morgan fingerprint density at radius 1 is 0.853 bits per heavy atom. The lowest BCUT2D eigenvalue weighted by atomic mass is 10.0. The third-order valence-electron chi connectivity index (χ3n) is 12.1. The minimum atomic E-state index is -1.04. The molecule has 1 saturated carbocycles. The van der Waals surface area contributed by atoms with Gasteiger partial charge in [0, 0.05) is 80.8 Å². The maximum atomic E-state index is 15.6. The Kier molecular flexibility index (Phi) is 14.1. The molecule has 5 aromatic rings. The van der Waals surface area contributed by atoms with Gasteiger partial charge >= 0.3 is 0 Å². The predicted molar refractivity (Wildman–Crippen MR) is 242 cm³/mol. The molecule has 5 N–H and O–H groups in total. The van der Waals surface area contributed by atoms with E-state index >= 15 is 4.39 Å². The van der Waals surface area contributed by atoms with Gasteiger partial charge < -0.3 is 35.1 Å². The Morgan fingerprint density at radius 3 is 2.34 bits per heavy atom. The number of anilines is 3. The minimum absolute atomic E-state index is 0.0465.